The molecule has 2 heterocycles. The summed E-state index contributed by atoms with van der Waals surface area (Å²) in [5.41, 5.74) is 2.55. The fourth-order valence-corrected chi connectivity index (χ4v) is 5.68. The molecule has 3 aliphatic rings. The molecule has 4 rings (SSSR count). The van der Waals surface area contributed by atoms with Crippen LogP contribution in [0.2, 0.25) is 0 Å². The minimum atomic E-state index is -3.34. The Labute approximate surface area is 138 Å². The Hall–Kier alpha value is -0.950. The number of hydrogen-bond donors (Lipinski definition) is 1. The molecule has 0 aromatic heterocycles. The van der Waals surface area contributed by atoms with E-state index in [9.17, 15) is 8.42 Å². The Morgan fingerprint density at radius 3 is 2.65 bits per heavy atom. The summed E-state index contributed by atoms with van der Waals surface area (Å²) in [5, 5.41) is 3.36. The number of piperazine rings is 1. The molecule has 0 radical (unpaired) electrons. The Kier molecular flexibility index (Phi) is 4.17. The quantitative estimate of drug-likeness (QED) is 0.890. The molecule has 0 bridgehead atoms. The second kappa shape index (κ2) is 6.16. The van der Waals surface area contributed by atoms with Crippen LogP contribution >= 0.6 is 0 Å². The van der Waals surface area contributed by atoms with E-state index in [0.717, 1.165) is 51.9 Å². The van der Waals surface area contributed by atoms with E-state index < -0.39 is 10.0 Å². The fourth-order valence-electron chi connectivity index (χ4n) is 4.13. The molecule has 1 atom stereocenters. The molecule has 126 valence electrons. The summed E-state index contributed by atoms with van der Waals surface area (Å²) in [5.74, 6) is 0. The van der Waals surface area contributed by atoms with Crippen molar-refractivity contribution in [3.8, 4) is 0 Å². The van der Waals surface area contributed by atoms with Gasteiger partial charge in [0, 0.05) is 45.3 Å². The van der Waals surface area contributed by atoms with Crippen LogP contribution in [0.3, 0.4) is 0 Å². The largest absolute Gasteiger partial charge is 0.314 e. The fraction of sp³-hybridized carbons (Fsp3) is 0.647. The molecule has 23 heavy (non-hydrogen) atoms. The number of aryl methyl sites for hydroxylation is 2. The van der Waals surface area contributed by atoms with Crippen LogP contribution in [0.15, 0.2) is 23.1 Å². The molecule has 6 heteroatoms. The van der Waals surface area contributed by atoms with E-state index in [4.69, 9.17) is 0 Å². The van der Waals surface area contributed by atoms with Crippen molar-refractivity contribution in [2.75, 3.05) is 39.3 Å². The molecule has 1 aromatic rings. The van der Waals surface area contributed by atoms with Gasteiger partial charge in [-0.1, -0.05) is 6.07 Å². The third kappa shape index (κ3) is 2.93. The maximum absolute atomic E-state index is 13.0. The summed E-state index contributed by atoms with van der Waals surface area (Å²) < 4.78 is 27.6. The lowest BCUT2D eigenvalue weighted by molar-refractivity contribution is 0.179. The molecular weight excluding hydrogens is 310 g/mol. The molecule has 5 nitrogen and oxygen atoms in total. The van der Waals surface area contributed by atoms with Gasteiger partial charge in [0.2, 0.25) is 10.0 Å². The Morgan fingerprint density at radius 2 is 1.83 bits per heavy atom. The predicted molar refractivity (Wildman–Crippen MR) is 90.1 cm³/mol. The summed E-state index contributed by atoms with van der Waals surface area (Å²) >= 11 is 0. The molecule has 0 amide bonds. The van der Waals surface area contributed by atoms with Crippen LogP contribution < -0.4 is 5.32 Å². The molecule has 2 fully saturated rings. The number of hydrogen-bond acceptors (Lipinski definition) is 4. The molecule has 1 unspecified atom stereocenters. The van der Waals surface area contributed by atoms with Crippen molar-refractivity contribution < 1.29 is 8.42 Å². The average Bonchev–Trinajstić information content (AvgIpc) is 3.24. The maximum Gasteiger partial charge on any atom is 0.243 e. The van der Waals surface area contributed by atoms with Gasteiger partial charge in [0.05, 0.1) is 4.90 Å². The number of nitrogens with zero attached hydrogens (tertiary/aromatic N) is 2. The van der Waals surface area contributed by atoms with E-state index in [1.807, 2.05) is 12.1 Å². The molecule has 0 saturated carbocycles. The van der Waals surface area contributed by atoms with E-state index in [1.54, 1.807) is 10.4 Å². The van der Waals surface area contributed by atoms with Crippen LogP contribution in [0, 0.1) is 0 Å². The lowest BCUT2D eigenvalue weighted by atomic mass is 10.1. The van der Waals surface area contributed by atoms with Crippen molar-refractivity contribution in [3.63, 3.8) is 0 Å². The molecule has 1 aliphatic carbocycles. The minimum absolute atomic E-state index is 0.376. The van der Waals surface area contributed by atoms with Gasteiger partial charge < -0.3 is 5.32 Å². The Morgan fingerprint density at radius 1 is 1.04 bits per heavy atom. The zero-order valence-corrected chi connectivity index (χ0v) is 14.3. The molecule has 0 spiro atoms. The number of sulfonamides is 1. The van der Waals surface area contributed by atoms with Gasteiger partial charge in [-0.05, 0) is 48.9 Å². The third-order valence-electron chi connectivity index (χ3n) is 5.50. The Balaban J connectivity index is 1.51. The van der Waals surface area contributed by atoms with Gasteiger partial charge in [0.25, 0.3) is 0 Å². The van der Waals surface area contributed by atoms with Crippen molar-refractivity contribution in [1.82, 2.24) is 14.5 Å². The number of rotatable bonds is 3. The molecule has 2 saturated heterocycles. The van der Waals surface area contributed by atoms with Gasteiger partial charge in [0.15, 0.2) is 0 Å². The van der Waals surface area contributed by atoms with Crippen LogP contribution in [-0.4, -0.2) is 62.9 Å². The van der Waals surface area contributed by atoms with Gasteiger partial charge in [-0.3, -0.25) is 4.90 Å². The van der Waals surface area contributed by atoms with Gasteiger partial charge in [-0.2, -0.15) is 4.31 Å². The summed E-state index contributed by atoms with van der Waals surface area (Å²) in [6.07, 6.45) is 4.20. The second-order valence-electron chi connectivity index (χ2n) is 6.88. The first kappa shape index (κ1) is 15.6. The predicted octanol–water partition coefficient (Wildman–Crippen LogP) is 0.844. The van der Waals surface area contributed by atoms with Crippen molar-refractivity contribution in [2.24, 2.45) is 0 Å². The summed E-state index contributed by atoms with van der Waals surface area (Å²) in [4.78, 5) is 2.92. The summed E-state index contributed by atoms with van der Waals surface area (Å²) in [6.45, 7) is 5.35. The number of benzene rings is 1. The molecule has 1 N–H and O–H groups in total. The van der Waals surface area contributed by atoms with Gasteiger partial charge in [0.1, 0.15) is 0 Å². The lowest BCUT2D eigenvalue weighted by Gasteiger charge is -2.32. The zero-order valence-electron chi connectivity index (χ0n) is 13.5. The van der Waals surface area contributed by atoms with Crippen molar-refractivity contribution in [1.29, 1.82) is 0 Å². The van der Waals surface area contributed by atoms with Crippen LogP contribution in [0.5, 0.6) is 0 Å². The molecule has 1 aromatic carbocycles. The average molecular weight is 335 g/mol. The highest BCUT2D eigenvalue weighted by molar-refractivity contribution is 7.89. The lowest BCUT2D eigenvalue weighted by Crippen LogP contribution is -2.49. The van der Waals surface area contributed by atoms with E-state index in [0.29, 0.717) is 24.0 Å². The first-order chi connectivity index (χ1) is 11.1. The second-order valence-corrected chi connectivity index (χ2v) is 8.81. The molecule has 2 aliphatic heterocycles. The smallest absolute Gasteiger partial charge is 0.243 e. The van der Waals surface area contributed by atoms with Crippen LogP contribution in [-0.2, 0) is 22.9 Å². The topological polar surface area (TPSA) is 52.7 Å². The highest BCUT2D eigenvalue weighted by atomic mass is 32.2. The van der Waals surface area contributed by atoms with Crippen LogP contribution in [0.25, 0.3) is 0 Å². The SMILES string of the molecule is O=S(=O)(c1ccc2c(c1)CCC2)N1CCC(N2CCNCC2)C1. The van der Waals surface area contributed by atoms with E-state index >= 15 is 0 Å². The van der Waals surface area contributed by atoms with Crippen molar-refractivity contribution >= 4 is 10.0 Å². The monoisotopic (exact) mass is 335 g/mol. The minimum Gasteiger partial charge on any atom is -0.314 e. The first-order valence-electron chi connectivity index (χ1n) is 8.71. The van der Waals surface area contributed by atoms with Crippen molar-refractivity contribution in [3.05, 3.63) is 29.3 Å². The third-order valence-corrected chi connectivity index (χ3v) is 7.36. The highest BCUT2D eigenvalue weighted by Crippen LogP contribution is 2.28. The standard InChI is InChI=1S/C17H25N3O2S/c21-23(22,17-5-4-14-2-1-3-15(14)12-17)20-9-6-16(13-20)19-10-7-18-8-11-19/h4-5,12,16,18H,1-3,6-11,13H2. The number of nitrogens with one attached hydrogen (secondary N) is 1. The van der Waals surface area contributed by atoms with Crippen LogP contribution in [0.4, 0.5) is 0 Å². The zero-order chi connectivity index (χ0) is 15.9. The summed E-state index contributed by atoms with van der Waals surface area (Å²) in [6, 6.07) is 6.10. The van der Waals surface area contributed by atoms with Crippen molar-refractivity contribution in [2.45, 2.75) is 36.6 Å². The van der Waals surface area contributed by atoms with E-state index in [-0.39, 0.29) is 0 Å². The maximum atomic E-state index is 13.0. The Bertz CT molecular complexity index is 683. The van der Waals surface area contributed by atoms with Crippen LogP contribution in [0.1, 0.15) is 24.0 Å². The molecular formula is C17H25N3O2S. The highest BCUT2D eigenvalue weighted by Gasteiger charge is 2.35. The first-order valence-corrected chi connectivity index (χ1v) is 10.2. The van der Waals surface area contributed by atoms with E-state index in [1.165, 1.54) is 11.1 Å². The van der Waals surface area contributed by atoms with Gasteiger partial charge in [-0.25, -0.2) is 8.42 Å². The van der Waals surface area contributed by atoms with Gasteiger partial charge in [-0.15, -0.1) is 0 Å². The van der Waals surface area contributed by atoms with E-state index in [2.05, 4.69) is 10.2 Å². The van der Waals surface area contributed by atoms with Gasteiger partial charge >= 0.3 is 0 Å². The summed E-state index contributed by atoms with van der Waals surface area (Å²) in [7, 11) is -3.34. The normalized spacial score (nSPS) is 26.5. The number of fused-ring (bicyclic) bond motifs is 1.